The summed E-state index contributed by atoms with van der Waals surface area (Å²) in [5.74, 6) is -0.221. The molecular formula is C21H19ClN2O2. The van der Waals surface area contributed by atoms with Crippen LogP contribution in [0.2, 0.25) is 5.02 Å². The third-order valence-electron chi connectivity index (χ3n) is 4.19. The first kappa shape index (κ1) is 18.0. The highest BCUT2D eigenvalue weighted by Crippen LogP contribution is 2.34. The molecule has 1 aromatic heterocycles. The highest BCUT2D eigenvalue weighted by molar-refractivity contribution is 6.30. The molecule has 26 heavy (non-hydrogen) atoms. The summed E-state index contributed by atoms with van der Waals surface area (Å²) < 4.78 is 0. The molecule has 2 N–H and O–H groups in total. The van der Waals surface area contributed by atoms with Crippen molar-refractivity contribution in [2.75, 3.05) is 0 Å². The maximum atomic E-state index is 12.5. The predicted molar refractivity (Wildman–Crippen MR) is 102 cm³/mol. The molecular weight excluding hydrogens is 348 g/mol. The molecule has 0 saturated heterocycles. The zero-order valence-corrected chi connectivity index (χ0v) is 14.9. The molecule has 132 valence electrons. The van der Waals surface area contributed by atoms with E-state index in [4.69, 9.17) is 11.6 Å². The number of pyridine rings is 1. The highest BCUT2D eigenvalue weighted by atomic mass is 35.5. The van der Waals surface area contributed by atoms with Gasteiger partial charge < -0.3 is 10.4 Å². The summed E-state index contributed by atoms with van der Waals surface area (Å²) in [6, 6.07) is 18.2. The van der Waals surface area contributed by atoms with Crippen LogP contribution in [0.3, 0.4) is 0 Å². The van der Waals surface area contributed by atoms with Gasteiger partial charge in [-0.1, -0.05) is 41.9 Å². The number of halogens is 1. The number of hydrogen-bond donors (Lipinski definition) is 2. The summed E-state index contributed by atoms with van der Waals surface area (Å²) >= 11 is 6.12. The lowest BCUT2D eigenvalue weighted by Crippen LogP contribution is -2.25. The Hall–Kier alpha value is -2.85. The molecule has 1 atom stereocenters. The number of hydrogen-bond acceptors (Lipinski definition) is 3. The first-order valence-electron chi connectivity index (χ1n) is 8.32. The largest absolute Gasteiger partial charge is 0.508 e. The summed E-state index contributed by atoms with van der Waals surface area (Å²) in [6.45, 7) is 0.435. The molecule has 0 bridgehead atoms. The molecule has 2 aromatic carbocycles. The van der Waals surface area contributed by atoms with Crippen molar-refractivity contribution >= 4 is 17.5 Å². The zero-order chi connectivity index (χ0) is 18.4. The van der Waals surface area contributed by atoms with E-state index in [1.165, 1.54) is 0 Å². The van der Waals surface area contributed by atoms with Crippen molar-refractivity contribution in [2.24, 2.45) is 0 Å². The van der Waals surface area contributed by atoms with Crippen LogP contribution in [-0.2, 0) is 11.3 Å². The van der Waals surface area contributed by atoms with Crippen LogP contribution in [0.5, 0.6) is 5.75 Å². The van der Waals surface area contributed by atoms with Gasteiger partial charge in [0.1, 0.15) is 5.75 Å². The fourth-order valence-corrected chi connectivity index (χ4v) is 3.07. The fourth-order valence-electron chi connectivity index (χ4n) is 2.87. The van der Waals surface area contributed by atoms with Crippen molar-refractivity contribution in [3.8, 4) is 5.75 Å². The van der Waals surface area contributed by atoms with Crippen LogP contribution in [0, 0.1) is 0 Å². The zero-order valence-electron chi connectivity index (χ0n) is 14.1. The summed E-state index contributed by atoms with van der Waals surface area (Å²) in [7, 11) is 0. The molecule has 4 nitrogen and oxygen atoms in total. The third kappa shape index (κ3) is 4.61. The number of aromatic hydroxyl groups is 1. The molecule has 1 amide bonds. The first-order valence-corrected chi connectivity index (χ1v) is 8.70. The maximum absolute atomic E-state index is 12.5. The van der Waals surface area contributed by atoms with Gasteiger partial charge in [-0.25, -0.2) is 0 Å². The monoisotopic (exact) mass is 366 g/mol. The summed E-state index contributed by atoms with van der Waals surface area (Å²) in [6.07, 6.45) is 3.60. The number of carbonyl (C=O) groups is 1. The molecule has 0 aliphatic heterocycles. The number of phenols is 1. The number of aromatic nitrogens is 1. The number of para-hydroxylation sites is 1. The van der Waals surface area contributed by atoms with Crippen LogP contribution in [-0.4, -0.2) is 16.0 Å². The number of nitrogens with one attached hydrogen (secondary N) is 1. The molecule has 1 unspecified atom stereocenters. The van der Waals surface area contributed by atoms with E-state index in [1.54, 1.807) is 30.6 Å². The van der Waals surface area contributed by atoms with Gasteiger partial charge in [-0.2, -0.15) is 0 Å². The Kier molecular flexibility index (Phi) is 5.87. The molecule has 0 spiro atoms. The number of phenolic OH excluding ortho intramolecular Hbond substituents is 1. The first-order chi connectivity index (χ1) is 12.6. The lowest BCUT2D eigenvalue weighted by Gasteiger charge is -2.19. The van der Waals surface area contributed by atoms with Gasteiger partial charge in [0.2, 0.25) is 5.91 Å². The van der Waals surface area contributed by atoms with E-state index >= 15 is 0 Å². The SMILES string of the molecule is O=C(CC(c1cccc(Cl)c1)c1ccccc1O)NCc1ccncc1. The maximum Gasteiger partial charge on any atom is 0.221 e. The van der Waals surface area contributed by atoms with Crippen molar-refractivity contribution in [1.82, 2.24) is 10.3 Å². The van der Waals surface area contributed by atoms with Crippen LogP contribution in [0.4, 0.5) is 0 Å². The van der Waals surface area contributed by atoms with Crippen LogP contribution >= 0.6 is 11.6 Å². The number of nitrogens with zero attached hydrogens (tertiary/aromatic N) is 1. The van der Waals surface area contributed by atoms with Gasteiger partial charge in [0.05, 0.1) is 0 Å². The Morgan fingerprint density at radius 1 is 1.08 bits per heavy atom. The molecule has 5 heteroatoms. The van der Waals surface area contributed by atoms with Crippen molar-refractivity contribution < 1.29 is 9.90 Å². The molecule has 1 heterocycles. The van der Waals surface area contributed by atoms with Crippen LogP contribution < -0.4 is 5.32 Å². The average Bonchev–Trinajstić information content (AvgIpc) is 2.66. The van der Waals surface area contributed by atoms with Gasteiger partial charge in [-0.15, -0.1) is 0 Å². The predicted octanol–water partition coefficient (Wildman–Crippen LogP) is 4.28. The second-order valence-electron chi connectivity index (χ2n) is 6.00. The Bertz CT molecular complexity index is 884. The van der Waals surface area contributed by atoms with Crippen LogP contribution in [0.15, 0.2) is 73.1 Å². The third-order valence-corrected chi connectivity index (χ3v) is 4.43. The summed E-state index contributed by atoms with van der Waals surface area (Å²) in [5.41, 5.74) is 2.57. The number of amides is 1. The molecule has 0 aliphatic rings. The summed E-state index contributed by atoms with van der Waals surface area (Å²) in [4.78, 5) is 16.5. The average molecular weight is 367 g/mol. The fraction of sp³-hybridized carbons (Fsp3) is 0.143. The standard InChI is InChI=1S/C21H19ClN2O2/c22-17-5-3-4-16(12-17)19(18-6-1-2-7-20(18)25)13-21(26)24-14-15-8-10-23-11-9-15/h1-12,19,25H,13-14H2,(H,24,26). The van der Waals surface area contributed by atoms with Gasteiger partial charge in [0.25, 0.3) is 0 Å². The Morgan fingerprint density at radius 2 is 1.85 bits per heavy atom. The van der Waals surface area contributed by atoms with E-state index in [2.05, 4.69) is 10.3 Å². The number of carbonyl (C=O) groups excluding carboxylic acids is 1. The topological polar surface area (TPSA) is 62.2 Å². The molecule has 3 aromatic rings. The van der Waals surface area contributed by atoms with Crippen molar-refractivity contribution in [1.29, 1.82) is 0 Å². The highest BCUT2D eigenvalue weighted by Gasteiger charge is 2.21. The quantitative estimate of drug-likeness (QED) is 0.684. The van der Waals surface area contributed by atoms with Gasteiger partial charge >= 0.3 is 0 Å². The molecule has 3 rings (SSSR count). The smallest absolute Gasteiger partial charge is 0.221 e. The normalized spacial score (nSPS) is 11.7. The minimum atomic E-state index is -0.285. The van der Waals surface area contributed by atoms with E-state index in [0.29, 0.717) is 17.1 Å². The Labute approximate surface area is 157 Å². The van der Waals surface area contributed by atoms with Gasteiger partial charge in [-0.3, -0.25) is 9.78 Å². The van der Waals surface area contributed by atoms with E-state index in [1.807, 2.05) is 42.5 Å². The summed E-state index contributed by atoms with van der Waals surface area (Å²) in [5, 5.41) is 13.8. The lowest BCUT2D eigenvalue weighted by molar-refractivity contribution is -0.121. The second-order valence-corrected chi connectivity index (χ2v) is 6.44. The molecule has 0 aliphatic carbocycles. The van der Waals surface area contributed by atoms with Gasteiger partial charge in [0.15, 0.2) is 0 Å². The Balaban J connectivity index is 1.80. The lowest BCUT2D eigenvalue weighted by atomic mass is 9.87. The van der Waals surface area contributed by atoms with Gasteiger partial charge in [0, 0.05) is 41.9 Å². The van der Waals surface area contributed by atoms with E-state index in [-0.39, 0.29) is 24.0 Å². The van der Waals surface area contributed by atoms with Crippen molar-refractivity contribution in [3.05, 3.63) is 94.8 Å². The van der Waals surface area contributed by atoms with Crippen molar-refractivity contribution in [2.45, 2.75) is 18.9 Å². The van der Waals surface area contributed by atoms with Crippen LogP contribution in [0.1, 0.15) is 29.0 Å². The molecule has 0 saturated carbocycles. The van der Waals surface area contributed by atoms with E-state index in [0.717, 1.165) is 11.1 Å². The molecule has 0 radical (unpaired) electrons. The van der Waals surface area contributed by atoms with E-state index < -0.39 is 0 Å². The Morgan fingerprint density at radius 3 is 2.58 bits per heavy atom. The molecule has 0 fully saturated rings. The number of benzene rings is 2. The minimum absolute atomic E-state index is 0.102. The van der Waals surface area contributed by atoms with Crippen molar-refractivity contribution in [3.63, 3.8) is 0 Å². The van der Waals surface area contributed by atoms with E-state index in [9.17, 15) is 9.90 Å². The second kappa shape index (κ2) is 8.50. The number of rotatable bonds is 6. The van der Waals surface area contributed by atoms with Crippen LogP contribution in [0.25, 0.3) is 0 Å². The van der Waals surface area contributed by atoms with Gasteiger partial charge in [-0.05, 0) is 41.5 Å². The minimum Gasteiger partial charge on any atom is -0.508 e.